The highest BCUT2D eigenvalue weighted by molar-refractivity contribution is 7.92. The number of nitrogens with one attached hydrogen (secondary N) is 2. The third-order valence-corrected chi connectivity index (χ3v) is 18.8. The van der Waals surface area contributed by atoms with Crippen molar-refractivity contribution >= 4 is 121 Å². The van der Waals surface area contributed by atoms with E-state index in [4.69, 9.17) is 49.4 Å². The lowest BCUT2D eigenvalue weighted by Crippen LogP contribution is -2.46. The second kappa shape index (κ2) is 25.9. The molecule has 5 N–H and O–H groups in total. The van der Waals surface area contributed by atoms with Crippen molar-refractivity contribution in [2.24, 2.45) is 23.7 Å². The molecule has 4 aliphatic rings. The second-order valence-electron chi connectivity index (χ2n) is 25.5. The van der Waals surface area contributed by atoms with Crippen molar-refractivity contribution in [1.29, 1.82) is 0 Å². The Morgan fingerprint density at radius 2 is 0.822 bits per heavy atom. The first-order valence-electron chi connectivity index (χ1n) is 30.4. The Labute approximate surface area is 526 Å². The molecule has 0 radical (unpaired) electrons. The van der Waals surface area contributed by atoms with Crippen molar-refractivity contribution < 1.29 is 51.1 Å². The lowest BCUT2D eigenvalue weighted by atomic mass is 9.64. The predicted molar refractivity (Wildman–Crippen MR) is 360 cm³/mol. The summed E-state index contributed by atoms with van der Waals surface area (Å²) in [5, 5.41) is 29.6. The van der Waals surface area contributed by atoms with E-state index >= 15 is 0 Å². The van der Waals surface area contributed by atoms with Crippen molar-refractivity contribution in [2.75, 3.05) is 22.0 Å². The number of aromatic nitrogens is 4. The smallest absolute Gasteiger partial charge is 0.487 e. The van der Waals surface area contributed by atoms with Gasteiger partial charge in [0.15, 0.2) is 5.78 Å². The van der Waals surface area contributed by atoms with Crippen LogP contribution in [0.1, 0.15) is 127 Å². The van der Waals surface area contributed by atoms with Crippen LogP contribution in [-0.4, -0.2) is 94.5 Å². The van der Waals surface area contributed by atoms with Gasteiger partial charge in [-0.3, -0.25) is 19.0 Å². The molecule has 468 valence electrons. The summed E-state index contributed by atoms with van der Waals surface area (Å²) >= 11 is 0. The number of hydrogen-bond donors (Lipinski definition) is 5. The van der Waals surface area contributed by atoms with Crippen LogP contribution in [0.25, 0.3) is 65.7 Å². The van der Waals surface area contributed by atoms with Gasteiger partial charge in [0.2, 0.25) is 20.0 Å². The number of fused-ring (bicyclic) bond motifs is 18. The SMILES string of the molecule is CC(=O)O.CC(=O)c1ccc(NS(C)(=O)=O)cc1.CS(=O)(=O)Nc1ccc(B(O)O)cc1.C[C@H]1CC[C@H]2[C@H](C1)c1c(c3ccccc3c3nc4ccccc4nc13)OC2(C)C.C[C@H]1CC[C@H]2[C@H](C1)c1c(c3ccccc3c3nc4ccccc4nc13)OC2(C)C. The van der Waals surface area contributed by atoms with E-state index in [0.717, 1.165) is 97.7 Å². The van der Waals surface area contributed by atoms with E-state index in [0.29, 0.717) is 46.1 Å². The summed E-state index contributed by atoms with van der Waals surface area (Å²) in [7, 11) is -8.07. The van der Waals surface area contributed by atoms with Crippen LogP contribution in [0, 0.1) is 23.7 Å². The summed E-state index contributed by atoms with van der Waals surface area (Å²) in [6, 6.07) is 45.5. The molecular formula is C70H77BN6O11S2. The molecule has 2 aliphatic carbocycles. The van der Waals surface area contributed by atoms with E-state index < -0.39 is 33.1 Å². The van der Waals surface area contributed by atoms with E-state index in [1.54, 1.807) is 24.3 Å². The summed E-state index contributed by atoms with van der Waals surface area (Å²) in [4.78, 5) is 40.4. The summed E-state index contributed by atoms with van der Waals surface area (Å²) in [6.07, 6.45) is 9.51. The first kappa shape index (κ1) is 64.7. The minimum absolute atomic E-state index is 0.0455. The molecule has 2 aromatic heterocycles. The molecule has 0 bridgehead atoms. The Balaban J connectivity index is 0.000000137. The van der Waals surface area contributed by atoms with E-state index in [9.17, 15) is 21.6 Å². The lowest BCUT2D eigenvalue weighted by molar-refractivity contribution is -0.134. The lowest BCUT2D eigenvalue weighted by Gasteiger charge is -2.49. The molecule has 90 heavy (non-hydrogen) atoms. The van der Waals surface area contributed by atoms with Crippen LogP contribution in [0.15, 0.2) is 146 Å². The molecule has 17 nitrogen and oxygen atoms in total. The number of ketones is 1. The summed E-state index contributed by atoms with van der Waals surface area (Å²) in [5.41, 5.74) is 11.9. The maximum atomic E-state index is 10.9. The molecule has 4 heterocycles. The van der Waals surface area contributed by atoms with Crippen LogP contribution in [-0.2, 0) is 24.8 Å². The molecule has 2 saturated carbocycles. The maximum absolute atomic E-state index is 10.9. The highest BCUT2D eigenvalue weighted by Crippen LogP contribution is 2.58. The monoisotopic (exact) mass is 1250 g/mol. The topological polar surface area (TPSA) is 257 Å². The molecule has 2 fully saturated rings. The van der Waals surface area contributed by atoms with Gasteiger partial charge in [0.1, 0.15) is 22.7 Å². The molecule has 6 atom stereocenters. The number of carboxylic acids is 1. The number of carbonyl (C=O) groups is 2. The zero-order valence-electron chi connectivity index (χ0n) is 52.4. The number of Topliss-reactive ketones (excluding diaryl/α,β-unsaturated/α-hetero) is 1. The van der Waals surface area contributed by atoms with Gasteiger partial charge in [-0.15, -0.1) is 0 Å². The molecule has 0 unspecified atom stereocenters. The number of rotatable bonds is 6. The van der Waals surface area contributed by atoms with Crippen molar-refractivity contribution in [3.8, 4) is 11.5 Å². The van der Waals surface area contributed by atoms with Gasteiger partial charge in [-0.2, -0.15) is 0 Å². The number of carbonyl (C=O) groups excluding carboxylic acids is 1. The highest BCUT2D eigenvalue weighted by Gasteiger charge is 2.49. The highest BCUT2D eigenvalue weighted by atomic mass is 32.2. The Morgan fingerprint density at radius 3 is 1.16 bits per heavy atom. The average Bonchev–Trinajstić information content (AvgIpc) is 0.720. The van der Waals surface area contributed by atoms with Crippen LogP contribution in [0.2, 0.25) is 0 Å². The summed E-state index contributed by atoms with van der Waals surface area (Å²) in [5.74, 6) is 4.64. The molecule has 0 amide bonds. The number of benzene rings is 8. The van der Waals surface area contributed by atoms with Gasteiger partial charge in [0, 0.05) is 68.4 Å². The fourth-order valence-corrected chi connectivity index (χ4v) is 14.7. The quantitative estimate of drug-likeness (QED) is 0.0449. The number of aliphatic carboxylic acids is 1. The summed E-state index contributed by atoms with van der Waals surface area (Å²) < 4.78 is 61.4. The standard InChI is InChI=1S/2C26H26N2O.C9H11NO3S.C7H10BNO4S.C2H4O2/c2*1-15-12-13-19-18(14-15)22-24-23(27-20-10-6-7-11-21(20)28-24)16-8-4-5-9-17(16)25(22)29-26(19,2)3;1-7(11)8-3-5-9(6-4-8)10-14(2,12)13;1-14(12,13)9-7-4-2-6(3-5-7)8(10)11;1-2(3)4/h2*4-11,15,18-19H,12-14H2,1-3H3;3-6,10H,1-2H3;2-5,9-11H,1H3;1H3,(H,3,4)/t2*15-,18-,19-;;;/m00.../s1. The number of ether oxygens (including phenoxy) is 2. The van der Waals surface area contributed by atoms with Crippen molar-refractivity contribution in [3.05, 3.63) is 162 Å². The van der Waals surface area contributed by atoms with E-state index in [-0.39, 0.29) is 17.0 Å². The minimum atomic E-state index is -3.29. The van der Waals surface area contributed by atoms with Crippen LogP contribution < -0.4 is 24.4 Å². The number of nitrogens with zero attached hydrogens (tertiary/aromatic N) is 4. The Hall–Kier alpha value is -8.30. The van der Waals surface area contributed by atoms with Gasteiger partial charge >= 0.3 is 7.12 Å². The largest absolute Gasteiger partial charge is 0.488 e. The number of sulfonamides is 2. The third-order valence-electron chi connectivity index (χ3n) is 17.6. The van der Waals surface area contributed by atoms with E-state index in [2.05, 4.69) is 124 Å². The molecule has 0 spiro atoms. The predicted octanol–water partition coefficient (Wildman–Crippen LogP) is 13.3. The number of para-hydroxylation sites is 4. The van der Waals surface area contributed by atoms with Crippen molar-refractivity contribution in [1.82, 2.24) is 19.9 Å². The fourth-order valence-electron chi connectivity index (χ4n) is 13.6. The molecule has 8 aromatic carbocycles. The first-order valence-corrected chi connectivity index (χ1v) is 34.2. The minimum Gasteiger partial charge on any atom is -0.487 e. The normalized spacial score (nSPS) is 20.2. The molecule has 10 aromatic rings. The van der Waals surface area contributed by atoms with Crippen LogP contribution in [0.3, 0.4) is 0 Å². The number of carboxylic acid groups (broad SMARTS) is 1. The van der Waals surface area contributed by atoms with Gasteiger partial charge < -0.3 is 24.6 Å². The Morgan fingerprint density at radius 1 is 0.500 bits per heavy atom. The summed E-state index contributed by atoms with van der Waals surface area (Å²) in [6.45, 7) is 16.4. The number of hydrogen-bond acceptors (Lipinski definition) is 14. The second-order valence-corrected chi connectivity index (χ2v) is 29.0. The number of anilines is 2. The molecule has 2 aliphatic heterocycles. The van der Waals surface area contributed by atoms with Crippen LogP contribution in [0.4, 0.5) is 11.4 Å². The van der Waals surface area contributed by atoms with Gasteiger partial charge in [0.25, 0.3) is 5.97 Å². The van der Waals surface area contributed by atoms with Gasteiger partial charge in [0.05, 0.1) is 56.6 Å². The molecule has 20 heteroatoms. The Bertz CT molecular complexity index is 4380. The van der Waals surface area contributed by atoms with Crippen LogP contribution >= 0.6 is 0 Å². The first-order chi connectivity index (χ1) is 42.6. The van der Waals surface area contributed by atoms with Gasteiger partial charge in [-0.1, -0.05) is 112 Å². The fraction of sp³-hybridized carbons (Fsp3) is 0.343. The maximum Gasteiger partial charge on any atom is 0.488 e. The molecule has 0 saturated heterocycles. The van der Waals surface area contributed by atoms with Gasteiger partial charge in [-0.25, -0.2) is 36.8 Å². The average molecular weight is 1250 g/mol. The van der Waals surface area contributed by atoms with E-state index in [1.807, 2.05) is 24.3 Å². The zero-order chi connectivity index (χ0) is 64.6. The molecular weight excluding hydrogens is 1180 g/mol. The third kappa shape index (κ3) is 14.3. The molecule has 14 rings (SSSR count). The zero-order valence-corrected chi connectivity index (χ0v) is 54.0. The van der Waals surface area contributed by atoms with Crippen molar-refractivity contribution in [2.45, 2.75) is 117 Å². The van der Waals surface area contributed by atoms with Crippen LogP contribution in [0.5, 0.6) is 11.5 Å². The van der Waals surface area contributed by atoms with E-state index in [1.165, 1.54) is 91.6 Å². The van der Waals surface area contributed by atoms with Crippen molar-refractivity contribution in [3.63, 3.8) is 0 Å². The Kier molecular flexibility index (Phi) is 18.6. The van der Waals surface area contributed by atoms with Gasteiger partial charge in [-0.05, 0) is 150 Å².